The summed E-state index contributed by atoms with van der Waals surface area (Å²) in [6.45, 7) is 1.92. The Balaban J connectivity index is 1.85. The molecule has 2 fully saturated rings. The van der Waals surface area contributed by atoms with E-state index in [4.69, 9.17) is 5.11 Å². The maximum Gasteiger partial charge on any atom is 0.327 e. The highest BCUT2D eigenvalue weighted by Crippen LogP contribution is 2.31. The lowest BCUT2D eigenvalue weighted by molar-refractivity contribution is -0.149. The minimum atomic E-state index is -0.872. The van der Waals surface area contributed by atoms with Crippen LogP contribution in [0.5, 0.6) is 0 Å². The van der Waals surface area contributed by atoms with Crippen molar-refractivity contribution in [2.45, 2.75) is 63.3 Å². The van der Waals surface area contributed by atoms with Crippen LogP contribution in [0.25, 0.3) is 0 Å². The molecule has 1 saturated heterocycles. The van der Waals surface area contributed by atoms with Crippen LogP contribution in [0.15, 0.2) is 0 Å². The van der Waals surface area contributed by atoms with Crippen LogP contribution >= 0.6 is 11.8 Å². The quantitative estimate of drug-likeness (QED) is 0.863. The number of rotatable bonds is 4. The third kappa shape index (κ3) is 3.65. The molecule has 0 aromatic heterocycles. The van der Waals surface area contributed by atoms with Gasteiger partial charge in [-0.25, -0.2) is 4.79 Å². The molecule has 19 heavy (non-hydrogen) atoms. The van der Waals surface area contributed by atoms with Gasteiger partial charge in [-0.15, -0.1) is 11.8 Å². The SMILES string of the molecule is CC1SCC(C(=O)O)N1C(=O)CCC1CCCCC1. The number of carbonyl (C=O) groups excluding carboxylic acids is 1. The Bertz CT molecular complexity index is 342. The van der Waals surface area contributed by atoms with Crippen molar-refractivity contribution in [1.82, 2.24) is 4.90 Å². The molecule has 2 atom stereocenters. The van der Waals surface area contributed by atoms with Gasteiger partial charge in [0.25, 0.3) is 0 Å². The summed E-state index contributed by atoms with van der Waals surface area (Å²) in [5, 5.41) is 9.16. The van der Waals surface area contributed by atoms with Gasteiger partial charge in [-0.3, -0.25) is 4.79 Å². The summed E-state index contributed by atoms with van der Waals surface area (Å²) >= 11 is 1.56. The fourth-order valence-electron chi connectivity index (χ4n) is 3.14. The molecule has 1 saturated carbocycles. The van der Waals surface area contributed by atoms with E-state index in [-0.39, 0.29) is 11.3 Å². The van der Waals surface area contributed by atoms with E-state index < -0.39 is 12.0 Å². The van der Waals surface area contributed by atoms with Crippen LogP contribution in [0.4, 0.5) is 0 Å². The molecular formula is C14H23NO3S. The largest absolute Gasteiger partial charge is 0.480 e. The Morgan fingerprint density at radius 3 is 2.58 bits per heavy atom. The molecule has 108 valence electrons. The summed E-state index contributed by atoms with van der Waals surface area (Å²) in [7, 11) is 0. The third-order valence-corrected chi connectivity index (χ3v) is 5.50. The van der Waals surface area contributed by atoms with E-state index in [2.05, 4.69) is 0 Å². The summed E-state index contributed by atoms with van der Waals surface area (Å²) in [6, 6.07) is -0.626. The van der Waals surface area contributed by atoms with Crippen molar-refractivity contribution in [3.63, 3.8) is 0 Å². The van der Waals surface area contributed by atoms with Gasteiger partial charge in [0.15, 0.2) is 0 Å². The first kappa shape index (κ1) is 14.7. The van der Waals surface area contributed by atoms with Crippen molar-refractivity contribution in [3.05, 3.63) is 0 Å². The lowest BCUT2D eigenvalue weighted by Crippen LogP contribution is -2.44. The Morgan fingerprint density at radius 1 is 1.26 bits per heavy atom. The average molecular weight is 285 g/mol. The summed E-state index contributed by atoms with van der Waals surface area (Å²) in [5.74, 6) is 0.343. The van der Waals surface area contributed by atoms with Gasteiger partial charge in [0.1, 0.15) is 6.04 Å². The lowest BCUT2D eigenvalue weighted by atomic mass is 9.86. The van der Waals surface area contributed by atoms with Gasteiger partial charge in [0, 0.05) is 12.2 Å². The van der Waals surface area contributed by atoms with Crippen molar-refractivity contribution in [1.29, 1.82) is 0 Å². The van der Waals surface area contributed by atoms with E-state index in [1.165, 1.54) is 32.1 Å². The summed E-state index contributed by atoms with van der Waals surface area (Å²) < 4.78 is 0. The van der Waals surface area contributed by atoms with Crippen molar-refractivity contribution in [2.75, 3.05) is 5.75 Å². The number of hydrogen-bond acceptors (Lipinski definition) is 3. The molecule has 4 nitrogen and oxygen atoms in total. The van der Waals surface area contributed by atoms with E-state index in [1.54, 1.807) is 16.7 Å². The van der Waals surface area contributed by atoms with Crippen molar-refractivity contribution >= 4 is 23.6 Å². The van der Waals surface area contributed by atoms with E-state index >= 15 is 0 Å². The summed E-state index contributed by atoms with van der Waals surface area (Å²) in [4.78, 5) is 25.0. The number of carboxylic acids is 1. The van der Waals surface area contributed by atoms with Crippen LogP contribution in [0.3, 0.4) is 0 Å². The second-order valence-corrected chi connectivity index (χ2v) is 6.98. The van der Waals surface area contributed by atoms with Crippen molar-refractivity contribution in [3.8, 4) is 0 Å². The first-order chi connectivity index (χ1) is 9.09. The molecule has 1 aliphatic heterocycles. The Morgan fingerprint density at radius 2 is 1.95 bits per heavy atom. The molecule has 0 aromatic rings. The predicted molar refractivity (Wildman–Crippen MR) is 76.0 cm³/mol. The number of nitrogens with zero attached hydrogens (tertiary/aromatic N) is 1. The molecule has 2 rings (SSSR count). The van der Waals surface area contributed by atoms with Gasteiger partial charge in [-0.2, -0.15) is 0 Å². The molecule has 1 N–H and O–H groups in total. The van der Waals surface area contributed by atoms with Gasteiger partial charge < -0.3 is 10.0 Å². The first-order valence-corrected chi connectivity index (χ1v) is 8.30. The highest BCUT2D eigenvalue weighted by Gasteiger charge is 2.39. The zero-order valence-electron chi connectivity index (χ0n) is 11.5. The van der Waals surface area contributed by atoms with E-state index in [1.807, 2.05) is 6.92 Å². The minimum Gasteiger partial charge on any atom is -0.480 e. The van der Waals surface area contributed by atoms with E-state index in [0.717, 1.165) is 6.42 Å². The maximum absolute atomic E-state index is 12.3. The smallest absolute Gasteiger partial charge is 0.327 e. The number of thioether (sulfide) groups is 1. The molecule has 0 spiro atoms. The van der Waals surface area contributed by atoms with Gasteiger partial charge in [0.2, 0.25) is 5.91 Å². The average Bonchev–Trinajstić information content (AvgIpc) is 2.79. The van der Waals surface area contributed by atoms with E-state index in [0.29, 0.717) is 18.1 Å². The fourth-order valence-corrected chi connectivity index (χ4v) is 4.33. The van der Waals surface area contributed by atoms with Crippen LogP contribution in [-0.2, 0) is 9.59 Å². The Kier molecular flexibility index (Phi) is 5.13. The highest BCUT2D eigenvalue weighted by molar-refractivity contribution is 8.00. The zero-order valence-corrected chi connectivity index (χ0v) is 12.3. The van der Waals surface area contributed by atoms with Gasteiger partial charge in [-0.05, 0) is 19.3 Å². The molecule has 1 amide bonds. The third-order valence-electron chi connectivity index (χ3n) is 4.29. The molecule has 1 aliphatic carbocycles. The number of amides is 1. The van der Waals surface area contributed by atoms with Gasteiger partial charge >= 0.3 is 5.97 Å². The van der Waals surface area contributed by atoms with E-state index in [9.17, 15) is 9.59 Å². The molecule has 2 aliphatic rings. The topological polar surface area (TPSA) is 57.6 Å². The zero-order chi connectivity index (χ0) is 13.8. The molecule has 0 radical (unpaired) electrons. The maximum atomic E-state index is 12.3. The van der Waals surface area contributed by atoms with Crippen molar-refractivity contribution < 1.29 is 14.7 Å². The molecule has 1 heterocycles. The number of carboxylic acid groups (broad SMARTS) is 1. The van der Waals surface area contributed by atoms with Crippen molar-refractivity contribution in [2.24, 2.45) is 5.92 Å². The van der Waals surface area contributed by atoms with Gasteiger partial charge in [-0.1, -0.05) is 32.1 Å². The van der Waals surface area contributed by atoms with Crippen LogP contribution in [-0.4, -0.2) is 39.1 Å². The molecule has 0 aromatic carbocycles. The lowest BCUT2D eigenvalue weighted by Gasteiger charge is -2.27. The molecule has 5 heteroatoms. The minimum absolute atomic E-state index is 0.0000409. The predicted octanol–water partition coefficient (Wildman–Crippen LogP) is 2.72. The van der Waals surface area contributed by atoms with Crippen LogP contribution in [0, 0.1) is 5.92 Å². The summed E-state index contributed by atoms with van der Waals surface area (Å²) in [5.41, 5.74) is 0. The standard InChI is InChI=1S/C14H23NO3S/c1-10-15(12(9-19-10)14(17)18)13(16)8-7-11-5-3-2-4-6-11/h10-12H,2-9H2,1H3,(H,17,18). The second kappa shape index (κ2) is 6.64. The first-order valence-electron chi connectivity index (χ1n) is 7.25. The van der Waals surface area contributed by atoms with Crippen LogP contribution in [0.1, 0.15) is 51.9 Å². The molecule has 2 unspecified atom stereocenters. The second-order valence-electron chi connectivity index (χ2n) is 5.63. The number of carbonyl (C=O) groups is 2. The number of hydrogen-bond donors (Lipinski definition) is 1. The van der Waals surface area contributed by atoms with Crippen LogP contribution < -0.4 is 0 Å². The monoisotopic (exact) mass is 285 g/mol. The highest BCUT2D eigenvalue weighted by atomic mass is 32.2. The van der Waals surface area contributed by atoms with Gasteiger partial charge in [0.05, 0.1) is 5.37 Å². The normalized spacial score (nSPS) is 28.6. The summed E-state index contributed by atoms with van der Waals surface area (Å²) in [6.07, 6.45) is 7.81. The van der Waals surface area contributed by atoms with Crippen LogP contribution in [0.2, 0.25) is 0 Å². The number of aliphatic carboxylic acids is 1. The molecular weight excluding hydrogens is 262 g/mol. The Labute approximate surface area is 118 Å². The Hall–Kier alpha value is -0.710. The molecule has 0 bridgehead atoms. The fraction of sp³-hybridized carbons (Fsp3) is 0.857.